The molecule has 4 nitrogen and oxygen atoms in total. The summed E-state index contributed by atoms with van der Waals surface area (Å²) in [5, 5.41) is 0. The highest BCUT2D eigenvalue weighted by atomic mass is 16.7. The number of carbonyl (C=O) groups is 1. The Labute approximate surface area is 183 Å². The van der Waals surface area contributed by atoms with E-state index in [1.807, 2.05) is 18.2 Å². The van der Waals surface area contributed by atoms with Gasteiger partial charge in [-0.25, -0.2) is 0 Å². The highest BCUT2D eigenvalue weighted by molar-refractivity contribution is 5.70. The van der Waals surface area contributed by atoms with Crippen molar-refractivity contribution >= 4 is 5.97 Å². The van der Waals surface area contributed by atoms with Crippen molar-refractivity contribution in [1.82, 2.24) is 0 Å². The number of hydrogen-bond donors (Lipinski definition) is 0. The molecule has 0 bridgehead atoms. The summed E-state index contributed by atoms with van der Waals surface area (Å²) in [6.45, 7) is 11.8. The lowest BCUT2D eigenvalue weighted by Gasteiger charge is -2.27. The molecule has 0 N–H and O–H groups in total. The van der Waals surface area contributed by atoms with Gasteiger partial charge in [-0.2, -0.15) is 0 Å². The number of carbonyl (C=O) groups excluding carboxylic acids is 1. The summed E-state index contributed by atoms with van der Waals surface area (Å²) >= 11 is 0. The monoisotopic (exact) mass is 418 g/mol. The van der Waals surface area contributed by atoms with Crippen LogP contribution in [0.4, 0.5) is 0 Å². The van der Waals surface area contributed by atoms with Gasteiger partial charge in [0.1, 0.15) is 12.4 Å². The minimum atomic E-state index is -0.216. The van der Waals surface area contributed by atoms with Crippen LogP contribution in [0.5, 0.6) is 0 Å². The fraction of sp³-hybridized carbons (Fsp3) is 0.731. The Morgan fingerprint density at radius 2 is 1.67 bits per heavy atom. The van der Waals surface area contributed by atoms with Crippen LogP contribution in [-0.2, 0) is 25.6 Å². The van der Waals surface area contributed by atoms with Gasteiger partial charge in [-0.15, -0.1) is 0 Å². The van der Waals surface area contributed by atoms with Crippen molar-refractivity contribution in [3.8, 4) is 0 Å². The molecule has 1 aromatic rings. The van der Waals surface area contributed by atoms with Gasteiger partial charge in [-0.05, 0) is 75.7 Å². The lowest BCUT2D eigenvalue weighted by Crippen LogP contribution is -2.29. The summed E-state index contributed by atoms with van der Waals surface area (Å²) < 4.78 is 17.3. The summed E-state index contributed by atoms with van der Waals surface area (Å²) in [6, 6.07) is 10.1. The Balaban J connectivity index is 1.60. The third-order valence-electron chi connectivity index (χ3n) is 6.44. The Hall–Kier alpha value is -1.39. The summed E-state index contributed by atoms with van der Waals surface area (Å²) in [5.41, 5.74) is 0.941. The standard InChI is InChI=1S/C26H42O4/c1-20(15-21(2)17-25(27)30-26(5)13-9-10-14-26)16-22(3)23(4)29-19-28-18-24-11-7-6-8-12-24/h6-8,11-12,20-23H,9-10,13-19H2,1-5H3/t20-,21+,22-,23+/m0/s1. The fourth-order valence-electron chi connectivity index (χ4n) is 4.57. The van der Waals surface area contributed by atoms with Crippen molar-refractivity contribution in [3.63, 3.8) is 0 Å². The third-order valence-corrected chi connectivity index (χ3v) is 6.44. The van der Waals surface area contributed by atoms with E-state index in [0.717, 1.165) is 31.2 Å². The summed E-state index contributed by atoms with van der Waals surface area (Å²) in [6.07, 6.45) is 7.14. The smallest absolute Gasteiger partial charge is 0.306 e. The molecule has 1 aliphatic carbocycles. The van der Waals surface area contributed by atoms with E-state index in [2.05, 4.69) is 46.8 Å². The van der Waals surface area contributed by atoms with E-state index >= 15 is 0 Å². The van der Waals surface area contributed by atoms with E-state index in [0.29, 0.717) is 37.6 Å². The Morgan fingerprint density at radius 1 is 1.00 bits per heavy atom. The average Bonchev–Trinajstić information content (AvgIpc) is 3.11. The van der Waals surface area contributed by atoms with Crippen molar-refractivity contribution in [3.05, 3.63) is 35.9 Å². The maximum Gasteiger partial charge on any atom is 0.306 e. The van der Waals surface area contributed by atoms with Gasteiger partial charge in [-0.1, -0.05) is 51.1 Å². The fourth-order valence-corrected chi connectivity index (χ4v) is 4.57. The molecular formula is C26H42O4. The second-order valence-corrected chi connectivity index (χ2v) is 9.82. The molecule has 4 atom stereocenters. The Bertz CT molecular complexity index is 609. The van der Waals surface area contributed by atoms with Gasteiger partial charge < -0.3 is 14.2 Å². The molecule has 1 saturated carbocycles. The van der Waals surface area contributed by atoms with Gasteiger partial charge in [-0.3, -0.25) is 4.79 Å². The van der Waals surface area contributed by atoms with Crippen LogP contribution in [0, 0.1) is 17.8 Å². The second kappa shape index (κ2) is 12.5. The van der Waals surface area contributed by atoms with Gasteiger partial charge in [0.25, 0.3) is 0 Å². The third kappa shape index (κ3) is 9.18. The molecule has 170 valence electrons. The van der Waals surface area contributed by atoms with Crippen LogP contribution >= 0.6 is 0 Å². The van der Waals surface area contributed by atoms with Gasteiger partial charge in [0.2, 0.25) is 0 Å². The predicted molar refractivity (Wildman–Crippen MR) is 121 cm³/mol. The zero-order valence-electron chi connectivity index (χ0n) is 19.7. The molecule has 0 spiro atoms. The number of rotatable bonds is 13. The highest BCUT2D eigenvalue weighted by Crippen LogP contribution is 2.33. The average molecular weight is 419 g/mol. The molecule has 0 saturated heterocycles. The normalized spacial score (nSPS) is 19.8. The maximum atomic E-state index is 12.3. The lowest BCUT2D eigenvalue weighted by molar-refractivity contribution is -0.158. The number of benzene rings is 1. The van der Waals surface area contributed by atoms with Gasteiger partial charge in [0, 0.05) is 6.42 Å². The van der Waals surface area contributed by atoms with E-state index in [-0.39, 0.29) is 17.7 Å². The molecule has 0 aromatic heterocycles. The molecule has 1 aliphatic rings. The van der Waals surface area contributed by atoms with Gasteiger partial charge in [0.15, 0.2) is 0 Å². The molecule has 1 fully saturated rings. The first-order valence-electron chi connectivity index (χ1n) is 11.7. The SMILES string of the molecule is C[C@@H](CC(=O)OC1(C)CCCC1)C[C@H](C)C[C@H](C)[C@@H](C)OCOCc1ccccc1. The summed E-state index contributed by atoms with van der Waals surface area (Å²) in [4.78, 5) is 12.3. The quantitative estimate of drug-likeness (QED) is 0.208. The van der Waals surface area contributed by atoms with Crippen LogP contribution < -0.4 is 0 Å². The molecule has 0 radical (unpaired) electrons. The van der Waals surface area contributed by atoms with Crippen LogP contribution in [0.25, 0.3) is 0 Å². The molecule has 0 amide bonds. The van der Waals surface area contributed by atoms with Gasteiger partial charge >= 0.3 is 5.97 Å². The van der Waals surface area contributed by atoms with Crippen molar-refractivity contribution in [2.75, 3.05) is 6.79 Å². The van der Waals surface area contributed by atoms with Crippen molar-refractivity contribution in [2.45, 2.75) is 97.9 Å². The van der Waals surface area contributed by atoms with E-state index in [1.165, 1.54) is 12.8 Å². The largest absolute Gasteiger partial charge is 0.459 e. The van der Waals surface area contributed by atoms with Gasteiger partial charge in [0.05, 0.1) is 12.7 Å². The summed E-state index contributed by atoms with van der Waals surface area (Å²) in [7, 11) is 0. The van der Waals surface area contributed by atoms with E-state index in [1.54, 1.807) is 0 Å². The zero-order chi connectivity index (χ0) is 22.0. The van der Waals surface area contributed by atoms with Crippen molar-refractivity contribution in [1.29, 1.82) is 0 Å². The highest BCUT2D eigenvalue weighted by Gasteiger charge is 2.32. The topological polar surface area (TPSA) is 44.8 Å². The molecule has 4 heteroatoms. The molecule has 0 aliphatic heterocycles. The van der Waals surface area contributed by atoms with Crippen LogP contribution in [0.1, 0.15) is 85.1 Å². The minimum absolute atomic E-state index is 0.0283. The molecule has 1 aromatic carbocycles. The van der Waals surface area contributed by atoms with Crippen LogP contribution in [-0.4, -0.2) is 24.5 Å². The first kappa shape index (κ1) is 24.9. The number of ether oxygens (including phenoxy) is 3. The molecule has 2 rings (SSSR count). The van der Waals surface area contributed by atoms with E-state index in [4.69, 9.17) is 14.2 Å². The van der Waals surface area contributed by atoms with Crippen molar-refractivity contribution < 1.29 is 19.0 Å². The summed E-state index contributed by atoms with van der Waals surface area (Å²) in [5.74, 6) is 1.30. The molecule has 0 unspecified atom stereocenters. The minimum Gasteiger partial charge on any atom is -0.459 e. The first-order chi connectivity index (χ1) is 14.3. The number of hydrogen-bond acceptors (Lipinski definition) is 4. The van der Waals surface area contributed by atoms with Crippen molar-refractivity contribution in [2.24, 2.45) is 17.8 Å². The zero-order valence-corrected chi connectivity index (χ0v) is 19.7. The first-order valence-corrected chi connectivity index (χ1v) is 11.7. The van der Waals surface area contributed by atoms with Crippen LogP contribution in [0.15, 0.2) is 30.3 Å². The Kier molecular flexibility index (Phi) is 10.3. The maximum absolute atomic E-state index is 12.3. The molecule has 30 heavy (non-hydrogen) atoms. The molecule has 0 heterocycles. The number of esters is 1. The lowest BCUT2D eigenvalue weighted by atomic mass is 9.86. The molecular weight excluding hydrogens is 376 g/mol. The Morgan fingerprint density at radius 3 is 2.33 bits per heavy atom. The van der Waals surface area contributed by atoms with Crippen LogP contribution in [0.2, 0.25) is 0 Å². The predicted octanol–water partition coefficient (Wildman–Crippen LogP) is 6.52. The second-order valence-electron chi connectivity index (χ2n) is 9.82. The van der Waals surface area contributed by atoms with Crippen LogP contribution in [0.3, 0.4) is 0 Å². The van der Waals surface area contributed by atoms with E-state index < -0.39 is 0 Å². The van der Waals surface area contributed by atoms with E-state index in [9.17, 15) is 4.79 Å².